The van der Waals surface area contributed by atoms with Crippen molar-refractivity contribution < 1.29 is 19.4 Å². The van der Waals surface area contributed by atoms with Crippen LogP contribution in [-0.4, -0.2) is 47.8 Å². The van der Waals surface area contributed by atoms with Gasteiger partial charge in [0.1, 0.15) is 11.2 Å². The molecule has 0 spiro atoms. The number of aromatic nitrogens is 1. The Morgan fingerprint density at radius 1 is 1.08 bits per heavy atom. The lowest BCUT2D eigenvalue weighted by Gasteiger charge is -2.26. The lowest BCUT2D eigenvalue weighted by Crippen LogP contribution is -2.53. The summed E-state index contributed by atoms with van der Waals surface area (Å²) in [5.74, 6) is -0.425. The minimum atomic E-state index is -1.22. The van der Waals surface area contributed by atoms with Gasteiger partial charge in [-0.25, -0.2) is 4.79 Å². The number of rotatable bonds is 11. The second kappa shape index (κ2) is 12.0. The number of hydrogen-bond acceptors (Lipinski definition) is 7. The highest BCUT2D eigenvalue weighted by atomic mass is 16.5. The van der Waals surface area contributed by atoms with Crippen molar-refractivity contribution in [2.24, 2.45) is 0 Å². The van der Waals surface area contributed by atoms with Crippen molar-refractivity contribution in [2.75, 3.05) is 30.9 Å². The van der Waals surface area contributed by atoms with Gasteiger partial charge in [0.05, 0.1) is 13.2 Å². The van der Waals surface area contributed by atoms with E-state index >= 15 is 0 Å². The van der Waals surface area contributed by atoms with E-state index in [1.807, 2.05) is 44.3 Å². The normalized spacial score (nSPS) is 14.4. The van der Waals surface area contributed by atoms with Crippen LogP contribution in [0.25, 0.3) is 11.1 Å². The number of carbonyl (C=O) groups excluding carboxylic acids is 2. The molecule has 0 unspecified atom stereocenters. The number of carbonyl (C=O) groups is 2. The summed E-state index contributed by atoms with van der Waals surface area (Å²) in [6.07, 6.45) is 3.77. The highest BCUT2D eigenvalue weighted by Gasteiger charge is 2.35. The molecule has 39 heavy (non-hydrogen) atoms. The molecular formula is C31H38N4O4. The van der Waals surface area contributed by atoms with Crippen LogP contribution in [0.3, 0.4) is 0 Å². The molecule has 0 aliphatic heterocycles. The largest absolute Gasteiger partial charge is 0.465 e. The second-order valence-corrected chi connectivity index (χ2v) is 10.3. The Kier molecular flexibility index (Phi) is 8.67. The fourth-order valence-electron chi connectivity index (χ4n) is 4.77. The first kappa shape index (κ1) is 28.3. The monoisotopic (exact) mass is 530 g/mol. The van der Waals surface area contributed by atoms with E-state index in [4.69, 9.17) is 4.74 Å². The van der Waals surface area contributed by atoms with Crippen LogP contribution in [0.2, 0.25) is 0 Å². The number of ether oxygens (including phenoxy) is 1. The molecule has 1 aliphatic carbocycles. The fraction of sp³-hybridized carbons (Fsp3) is 0.387. The van der Waals surface area contributed by atoms with Crippen molar-refractivity contribution in [3.8, 4) is 11.1 Å². The van der Waals surface area contributed by atoms with E-state index in [1.54, 1.807) is 20.0 Å². The molecule has 8 heteroatoms. The highest BCUT2D eigenvalue weighted by molar-refractivity contribution is 6.04. The van der Waals surface area contributed by atoms with E-state index in [-0.39, 0.29) is 12.5 Å². The standard InChI is InChI=1S/C31H38N4O4/c1-6-39-30(38)31(4,18-36)34-17-22-16-33-28(15-25(22)21-13-14-21)29(37)35-27-12-8-10-24(20(27)3)23-9-7-11-26(32-5)19(23)2/h7-12,15-16,21,32,34,36H,6,13-14,17-18H2,1-5H3,(H,35,37)/t31-/m1/s1. The third-order valence-corrected chi connectivity index (χ3v) is 7.46. The topological polar surface area (TPSA) is 113 Å². The molecule has 1 fully saturated rings. The smallest absolute Gasteiger partial charge is 0.328 e. The van der Waals surface area contributed by atoms with Gasteiger partial charge in [-0.2, -0.15) is 0 Å². The Labute approximate surface area is 230 Å². The average Bonchev–Trinajstić information content (AvgIpc) is 3.79. The van der Waals surface area contributed by atoms with Gasteiger partial charge < -0.3 is 20.5 Å². The van der Waals surface area contributed by atoms with E-state index in [0.717, 1.165) is 57.6 Å². The number of nitrogens with zero attached hydrogens (tertiary/aromatic N) is 1. The zero-order valence-corrected chi connectivity index (χ0v) is 23.4. The Balaban J connectivity index is 1.55. The number of benzene rings is 2. The third-order valence-electron chi connectivity index (χ3n) is 7.46. The first-order valence-electron chi connectivity index (χ1n) is 13.4. The lowest BCUT2D eigenvalue weighted by atomic mass is 9.94. The van der Waals surface area contributed by atoms with Crippen LogP contribution in [0, 0.1) is 13.8 Å². The quantitative estimate of drug-likeness (QED) is 0.260. The summed E-state index contributed by atoms with van der Waals surface area (Å²) in [5, 5.41) is 19.2. The summed E-state index contributed by atoms with van der Waals surface area (Å²) in [6.45, 7) is 7.60. The summed E-state index contributed by atoms with van der Waals surface area (Å²) in [6, 6.07) is 13.9. The molecule has 1 saturated carbocycles. The van der Waals surface area contributed by atoms with Gasteiger partial charge in [0.25, 0.3) is 5.91 Å². The number of pyridine rings is 1. The summed E-state index contributed by atoms with van der Waals surface area (Å²) >= 11 is 0. The van der Waals surface area contributed by atoms with Gasteiger partial charge in [-0.05, 0) is 98.0 Å². The molecule has 2 aromatic carbocycles. The van der Waals surface area contributed by atoms with Crippen molar-refractivity contribution in [1.82, 2.24) is 10.3 Å². The molecule has 0 bridgehead atoms. The number of amides is 1. The van der Waals surface area contributed by atoms with E-state index in [9.17, 15) is 14.7 Å². The summed E-state index contributed by atoms with van der Waals surface area (Å²) in [5.41, 5.74) is 7.15. The van der Waals surface area contributed by atoms with E-state index < -0.39 is 18.1 Å². The summed E-state index contributed by atoms with van der Waals surface area (Å²) in [7, 11) is 1.91. The van der Waals surface area contributed by atoms with Crippen molar-refractivity contribution >= 4 is 23.3 Å². The third kappa shape index (κ3) is 6.13. The van der Waals surface area contributed by atoms with Crippen LogP contribution >= 0.6 is 0 Å². The van der Waals surface area contributed by atoms with Crippen LogP contribution in [-0.2, 0) is 16.1 Å². The highest BCUT2D eigenvalue weighted by Crippen LogP contribution is 2.42. The first-order chi connectivity index (χ1) is 18.7. The van der Waals surface area contributed by atoms with E-state index in [2.05, 4.69) is 40.0 Å². The van der Waals surface area contributed by atoms with Crippen LogP contribution in [0.5, 0.6) is 0 Å². The number of hydrogen-bond donors (Lipinski definition) is 4. The molecule has 206 valence electrons. The average molecular weight is 531 g/mol. The second-order valence-electron chi connectivity index (χ2n) is 10.3. The Morgan fingerprint density at radius 2 is 1.72 bits per heavy atom. The van der Waals surface area contributed by atoms with Gasteiger partial charge >= 0.3 is 5.97 Å². The minimum Gasteiger partial charge on any atom is -0.465 e. The molecule has 1 heterocycles. The van der Waals surface area contributed by atoms with Crippen molar-refractivity contribution in [3.63, 3.8) is 0 Å². The number of aliphatic hydroxyl groups excluding tert-OH is 1. The van der Waals surface area contributed by atoms with Crippen molar-refractivity contribution in [3.05, 3.63) is 76.6 Å². The first-order valence-corrected chi connectivity index (χ1v) is 13.4. The molecule has 1 amide bonds. The number of esters is 1. The summed E-state index contributed by atoms with van der Waals surface area (Å²) in [4.78, 5) is 30.1. The minimum absolute atomic E-state index is 0.235. The predicted octanol–water partition coefficient (Wildman–Crippen LogP) is 4.94. The van der Waals surface area contributed by atoms with Gasteiger partial charge in [-0.3, -0.25) is 15.1 Å². The maximum Gasteiger partial charge on any atom is 0.328 e. The van der Waals surface area contributed by atoms with Crippen LogP contribution in [0.4, 0.5) is 11.4 Å². The van der Waals surface area contributed by atoms with Gasteiger partial charge in [-0.15, -0.1) is 0 Å². The van der Waals surface area contributed by atoms with Crippen LogP contribution in [0.1, 0.15) is 65.3 Å². The molecule has 3 aromatic rings. The zero-order chi connectivity index (χ0) is 28.2. The Hall–Kier alpha value is -3.75. The molecule has 1 aliphatic rings. The maximum atomic E-state index is 13.3. The molecule has 0 radical (unpaired) electrons. The molecule has 4 rings (SSSR count). The number of aliphatic hydroxyl groups is 1. The molecule has 1 aromatic heterocycles. The van der Waals surface area contributed by atoms with E-state index in [1.165, 1.54) is 0 Å². The van der Waals surface area contributed by atoms with Gasteiger partial charge in [0.15, 0.2) is 0 Å². The van der Waals surface area contributed by atoms with Crippen molar-refractivity contribution in [2.45, 2.75) is 58.5 Å². The lowest BCUT2D eigenvalue weighted by molar-refractivity contribution is -0.152. The van der Waals surface area contributed by atoms with E-state index in [0.29, 0.717) is 18.2 Å². The van der Waals surface area contributed by atoms with Crippen LogP contribution < -0.4 is 16.0 Å². The molecular weight excluding hydrogens is 492 g/mol. The fourth-order valence-corrected chi connectivity index (χ4v) is 4.77. The zero-order valence-electron chi connectivity index (χ0n) is 23.4. The molecule has 8 nitrogen and oxygen atoms in total. The molecule has 4 N–H and O–H groups in total. The van der Waals surface area contributed by atoms with Crippen LogP contribution in [0.15, 0.2) is 48.7 Å². The number of anilines is 2. The Morgan fingerprint density at radius 3 is 2.31 bits per heavy atom. The van der Waals surface area contributed by atoms with Crippen molar-refractivity contribution in [1.29, 1.82) is 0 Å². The number of nitrogens with one attached hydrogen (secondary N) is 3. The van der Waals surface area contributed by atoms with Gasteiger partial charge in [0.2, 0.25) is 0 Å². The molecule has 0 saturated heterocycles. The van der Waals surface area contributed by atoms with Gasteiger partial charge in [-0.1, -0.05) is 24.3 Å². The molecule has 1 atom stereocenters. The Bertz CT molecular complexity index is 1370. The van der Waals surface area contributed by atoms with Gasteiger partial charge in [0, 0.05) is 31.2 Å². The SMILES string of the molecule is CCOC(=O)[C@@](C)(CO)NCc1cnc(C(=O)Nc2cccc(-c3cccc(NC)c3C)c2C)cc1C1CC1. The maximum absolute atomic E-state index is 13.3. The predicted molar refractivity (Wildman–Crippen MR) is 154 cm³/mol. The summed E-state index contributed by atoms with van der Waals surface area (Å²) < 4.78 is 5.11.